The highest BCUT2D eigenvalue weighted by atomic mass is 35.5. The molecule has 0 saturated carbocycles. The quantitative estimate of drug-likeness (QED) is 0.809. The third kappa shape index (κ3) is 6.78. The second kappa shape index (κ2) is 7.61. The monoisotopic (exact) mass is 313 g/mol. The zero-order chi connectivity index (χ0) is 16.0. The molecule has 0 aliphatic carbocycles. The maximum Gasteiger partial charge on any atom is 0.239 e. The first kappa shape index (κ1) is 17.7. The van der Waals surface area contributed by atoms with Crippen LogP contribution < -0.4 is 10.2 Å². The number of aromatic nitrogens is 1. The van der Waals surface area contributed by atoms with E-state index in [0.717, 1.165) is 0 Å². The van der Waals surface area contributed by atoms with E-state index in [1.165, 1.54) is 0 Å². The lowest BCUT2D eigenvalue weighted by molar-refractivity contribution is -0.121. The summed E-state index contributed by atoms with van der Waals surface area (Å²) in [5.41, 5.74) is -0.888. The maximum atomic E-state index is 11.9. The van der Waals surface area contributed by atoms with Crippen molar-refractivity contribution in [1.29, 1.82) is 0 Å². The molecule has 1 atom stereocenters. The summed E-state index contributed by atoms with van der Waals surface area (Å²) in [5, 5.41) is 13.5. The van der Waals surface area contributed by atoms with E-state index in [9.17, 15) is 9.90 Å². The molecule has 1 unspecified atom stereocenters. The smallest absolute Gasteiger partial charge is 0.239 e. The maximum absolute atomic E-state index is 11.9. The van der Waals surface area contributed by atoms with Crippen LogP contribution in [0.2, 0.25) is 5.02 Å². The molecule has 0 bridgehead atoms. The van der Waals surface area contributed by atoms with E-state index in [1.54, 1.807) is 37.2 Å². The molecule has 118 valence electrons. The molecule has 1 aromatic heterocycles. The summed E-state index contributed by atoms with van der Waals surface area (Å²) in [7, 11) is 1.78. The van der Waals surface area contributed by atoms with Gasteiger partial charge in [0.2, 0.25) is 5.91 Å². The molecule has 1 amide bonds. The summed E-state index contributed by atoms with van der Waals surface area (Å²) in [6.07, 6.45) is 2.18. The van der Waals surface area contributed by atoms with Crippen LogP contribution in [0.5, 0.6) is 0 Å². The zero-order valence-electron chi connectivity index (χ0n) is 13.1. The molecule has 0 aromatic carbocycles. The van der Waals surface area contributed by atoms with Crippen LogP contribution in [0.4, 0.5) is 5.82 Å². The van der Waals surface area contributed by atoms with E-state index in [2.05, 4.69) is 10.3 Å². The molecule has 21 heavy (non-hydrogen) atoms. The fraction of sp³-hybridized carbons (Fsp3) is 0.600. The number of carbonyl (C=O) groups excluding carboxylic acids is 1. The van der Waals surface area contributed by atoms with Crippen molar-refractivity contribution in [2.24, 2.45) is 5.92 Å². The third-order valence-electron chi connectivity index (χ3n) is 3.00. The van der Waals surface area contributed by atoms with Gasteiger partial charge in [0.15, 0.2) is 0 Å². The number of likely N-dealkylation sites (N-methyl/N-ethyl adjacent to an activating group) is 1. The van der Waals surface area contributed by atoms with E-state index in [1.807, 2.05) is 13.8 Å². The number of rotatable bonds is 7. The highest BCUT2D eigenvalue weighted by Gasteiger charge is 2.22. The van der Waals surface area contributed by atoms with Crippen LogP contribution in [0.3, 0.4) is 0 Å². The Kier molecular flexibility index (Phi) is 6.42. The lowest BCUT2D eigenvalue weighted by Crippen LogP contribution is -2.44. The van der Waals surface area contributed by atoms with Crippen molar-refractivity contribution in [3.8, 4) is 0 Å². The summed E-state index contributed by atoms with van der Waals surface area (Å²) in [6.45, 7) is 6.22. The topological polar surface area (TPSA) is 65.5 Å². The Bertz CT molecular complexity index is 460. The molecule has 0 saturated heterocycles. The molecule has 0 radical (unpaired) electrons. The summed E-state index contributed by atoms with van der Waals surface area (Å²) in [6, 6.07) is 3.48. The predicted octanol–water partition coefficient (Wildman–Crippen LogP) is 2.08. The van der Waals surface area contributed by atoms with Crippen LogP contribution >= 0.6 is 11.6 Å². The molecular formula is C15H24ClN3O2. The van der Waals surface area contributed by atoms with Crippen molar-refractivity contribution in [2.45, 2.75) is 32.8 Å². The van der Waals surface area contributed by atoms with Crippen molar-refractivity contribution in [2.75, 3.05) is 25.0 Å². The largest absolute Gasteiger partial charge is 0.388 e. The average Bonchev–Trinajstić information content (AvgIpc) is 2.36. The first-order valence-corrected chi connectivity index (χ1v) is 7.39. The van der Waals surface area contributed by atoms with E-state index in [0.29, 0.717) is 23.2 Å². The van der Waals surface area contributed by atoms with Gasteiger partial charge in [-0.1, -0.05) is 25.4 Å². The Labute approximate surface area is 131 Å². The minimum absolute atomic E-state index is 0.154. The number of halogens is 1. The van der Waals surface area contributed by atoms with Gasteiger partial charge in [-0.25, -0.2) is 4.98 Å². The minimum atomic E-state index is -0.888. The lowest BCUT2D eigenvalue weighted by atomic mass is 9.94. The van der Waals surface area contributed by atoms with Crippen molar-refractivity contribution in [1.82, 2.24) is 10.3 Å². The Morgan fingerprint density at radius 1 is 1.52 bits per heavy atom. The molecule has 0 aliphatic heterocycles. The van der Waals surface area contributed by atoms with Crippen LogP contribution in [0.15, 0.2) is 18.3 Å². The number of amides is 1. The molecule has 1 rings (SSSR count). The Morgan fingerprint density at radius 2 is 2.19 bits per heavy atom. The van der Waals surface area contributed by atoms with E-state index in [4.69, 9.17) is 11.6 Å². The molecule has 1 heterocycles. The van der Waals surface area contributed by atoms with E-state index in [-0.39, 0.29) is 19.0 Å². The van der Waals surface area contributed by atoms with Gasteiger partial charge in [0.05, 0.1) is 17.2 Å². The summed E-state index contributed by atoms with van der Waals surface area (Å²) in [5.74, 6) is 0.889. The number of carbonyl (C=O) groups is 1. The second-order valence-electron chi connectivity index (χ2n) is 6.06. The summed E-state index contributed by atoms with van der Waals surface area (Å²) in [4.78, 5) is 17.8. The zero-order valence-corrected chi connectivity index (χ0v) is 13.8. The number of hydrogen-bond donors (Lipinski definition) is 2. The standard InChI is InChI=1S/C15H24ClN3O2/c1-11(2)7-15(3,21)10-18-14(20)9-19(4)13-6-5-12(16)8-17-13/h5-6,8,11,21H,7,9-10H2,1-4H3,(H,18,20). The fourth-order valence-electron chi connectivity index (χ4n) is 2.19. The van der Waals surface area contributed by atoms with Crippen LogP contribution in [0.1, 0.15) is 27.2 Å². The van der Waals surface area contributed by atoms with Gasteiger partial charge in [0.1, 0.15) is 5.82 Å². The van der Waals surface area contributed by atoms with E-state index >= 15 is 0 Å². The Morgan fingerprint density at radius 3 is 2.71 bits per heavy atom. The first-order chi connectivity index (χ1) is 9.69. The molecule has 0 fully saturated rings. The Hall–Kier alpha value is -1.33. The highest BCUT2D eigenvalue weighted by Crippen LogP contribution is 2.15. The number of aliphatic hydroxyl groups is 1. The van der Waals surface area contributed by atoms with Crippen LogP contribution in [-0.2, 0) is 4.79 Å². The van der Waals surface area contributed by atoms with Gasteiger partial charge >= 0.3 is 0 Å². The average molecular weight is 314 g/mol. The van der Waals surface area contributed by atoms with Crippen molar-refractivity contribution in [3.05, 3.63) is 23.4 Å². The molecule has 6 heteroatoms. The molecular weight excluding hydrogens is 290 g/mol. The fourth-order valence-corrected chi connectivity index (χ4v) is 2.30. The molecule has 5 nitrogen and oxygen atoms in total. The van der Waals surface area contributed by atoms with Gasteiger partial charge in [0.25, 0.3) is 0 Å². The SMILES string of the molecule is CC(C)CC(C)(O)CNC(=O)CN(C)c1ccc(Cl)cn1. The second-order valence-corrected chi connectivity index (χ2v) is 6.50. The third-order valence-corrected chi connectivity index (χ3v) is 3.22. The number of pyridine rings is 1. The molecule has 0 aliphatic rings. The molecule has 2 N–H and O–H groups in total. The van der Waals surface area contributed by atoms with Gasteiger partial charge in [-0.2, -0.15) is 0 Å². The van der Waals surface area contributed by atoms with Gasteiger partial charge in [-0.15, -0.1) is 0 Å². The lowest BCUT2D eigenvalue weighted by Gasteiger charge is -2.26. The predicted molar refractivity (Wildman–Crippen MR) is 85.6 cm³/mol. The highest BCUT2D eigenvalue weighted by molar-refractivity contribution is 6.30. The van der Waals surface area contributed by atoms with Gasteiger partial charge < -0.3 is 15.3 Å². The number of hydrogen-bond acceptors (Lipinski definition) is 4. The number of nitrogens with one attached hydrogen (secondary N) is 1. The number of nitrogens with zero attached hydrogens (tertiary/aromatic N) is 2. The van der Waals surface area contributed by atoms with Crippen molar-refractivity contribution >= 4 is 23.3 Å². The van der Waals surface area contributed by atoms with Gasteiger partial charge in [-0.3, -0.25) is 4.79 Å². The van der Waals surface area contributed by atoms with Crippen LogP contribution in [0.25, 0.3) is 0 Å². The molecule has 0 spiro atoms. The first-order valence-electron chi connectivity index (χ1n) is 7.01. The number of anilines is 1. The van der Waals surface area contributed by atoms with Gasteiger partial charge in [-0.05, 0) is 31.4 Å². The Balaban J connectivity index is 2.44. The normalized spacial score (nSPS) is 13.9. The van der Waals surface area contributed by atoms with Crippen molar-refractivity contribution < 1.29 is 9.90 Å². The van der Waals surface area contributed by atoms with Crippen LogP contribution in [0, 0.1) is 5.92 Å². The molecule has 1 aromatic rings. The summed E-state index contributed by atoms with van der Waals surface area (Å²) < 4.78 is 0. The van der Waals surface area contributed by atoms with Crippen molar-refractivity contribution in [3.63, 3.8) is 0 Å². The van der Waals surface area contributed by atoms with Crippen LogP contribution in [-0.4, -0.2) is 41.7 Å². The van der Waals surface area contributed by atoms with E-state index < -0.39 is 5.60 Å². The minimum Gasteiger partial charge on any atom is -0.388 e. The van der Waals surface area contributed by atoms with Gasteiger partial charge in [0, 0.05) is 19.8 Å². The summed E-state index contributed by atoms with van der Waals surface area (Å²) >= 11 is 5.78.